The van der Waals surface area contributed by atoms with Gasteiger partial charge in [-0.3, -0.25) is 9.59 Å². The predicted molar refractivity (Wildman–Crippen MR) is 120 cm³/mol. The molecule has 1 aromatic carbocycles. The van der Waals surface area contributed by atoms with Gasteiger partial charge in [-0.2, -0.15) is 0 Å². The first-order chi connectivity index (χ1) is 16.1. The Kier molecular flexibility index (Phi) is 6.20. The van der Waals surface area contributed by atoms with Gasteiger partial charge in [0.25, 0.3) is 5.91 Å². The van der Waals surface area contributed by atoms with E-state index in [-0.39, 0.29) is 23.8 Å². The molecule has 0 spiro atoms. The molecule has 1 N–H and O–H groups in total. The number of halogens is 1. The molecule has 1 saturated heterocycles. The van der Waals surface area contributed by atoms with Crippen LogP contribution in [0.1, 0.15) is 46.5 Å². The molecule has 0 radical (unpaired) electrons. The summed E-state index contributed by atoms with van der Waals surface area (Å²) in [5, 5.41) is 3.60. The zero-order valence-electron chi connectivity index (χ0n) is 18.1. The lowest BCUT2D eigenvalue weighted by Crippen LogP contribution is -2.43. The molecule has 0 aliphatic carbocycles. The number of nitrogens with zero attached hydrogens (tertiary/aromatic N) is 3. The average Bonchev–Trinajstić information content (AvgIpc) is 3.52. The lowest BCUT2D eigenvalue weighted by atomic mass is 9.95. The van der Waals surface area contributed by atoms with Gasteiger partial charge < -0.3 is 23.9 Å². The molecule has 0 saturated carbocycles. The molecule has 1 fully saturated rings. The van der Waals surface area contributed by atoms with E-state index in [1.165, 1.54) is 0 Å². The van der Waals surface area contributed by atoms with E-state index in [1.54, 1.807) is 23.6 Å². The third kappa shape index (κ3) is 4.67. The Morgan fingerprint density at radius 3 is 2.67 bits per heavy atom. The van der Waals surface area contributed by atoms with Crippen LogP contribution in [0.15, 0.2) is 53.4 Å². The van der Waals surface area contributed by atoms with Crippen molar-refractivity contribution < 1.29 is 18.7 Å². The van der Waals surface area contributed by atoms with E-state index < -0.39 is 0 Å². The van der Waals surface area contributed by atoms with Crippen molar-refractivity contribution in [3.05, 3.63) is 76.7 Å². The van der Waals surface area contributed by atoms with Crippen molar-refractivity contribution in [1.82, 2.24) is 19.8 Å². The summed E-state index contributed by atoms with van der Waals surface area (Å²) in [7, 11) is 0. The topological polar surface area (TPSA) is 89.6 Å². The normalized spacial score (nSPS) is 18.7. The van der Waals surface area contributed by atoms with E-state index >= 15 is 0 Å². The number of hydrogen-bond donors (Lipinski definition) is 1. The highest BCUT2D eigenvalue weighted by molar-refractivity contribution is 6.30. The number of aromatic nitrogens is 2. The molecule has 4 heterocycles. The number of rotatable bonds is 5. The quantitative estimate of drug-likeness (QED) is 0.618. The zero-order chi connectivity index (χ0) is 22.8. The summed E-state index contributed by atoms with van der Waals surface area (Å²) < 4.78 is 13.3. The van der Waals surface area contributed by atoms with E-state index in [2.05, 4.69) is 10.3 Å². The van der Waals surface area contributed by atoms with Crippen LogP contribution < -0.4 is 5.32 Å². The molecule has 2 amide bonds. The lowest BCUT2D eigenvalue weighted by molar-refractivity contribution is -0.126. The summed E-state index contributed by atoms with van der Waals surface area (Å²) >= 11 is 5.98. The minimum absolute atomic E-state index is 0.000453. The number of fused-ring (bicyclic) bond motifs is 1. The third-order valence-corrected chi connectivity index (χ3v) is 6.60. The molecule has 172 valence electrons. The van der Waals surface area contributed by atoms with Crippen molar-refractivity contribution >= 4 is 23.4 Å². The van der Waals surface area contributed by atoms with Crippen LogP contribution in [0.5, 0.6) is 0 Å². The summed E-state index contributed by atoms with van der Waals surface area (Å²) in [6.07, 6.45) is 4.44. The summed E-state index contributed by atoms with van der Waals surface area (Å²) in [5.41, 5.74) is 2.27. The van der Waals surface area contributed by atoms with E-state index in [9.17, 15) is 9.59 Å². The van der Waals surface area contributed by atoms with Gasteiger partial charge in [0.1, 0.15) is 11.9 Å². The van der Waals surface area contributed by atoms with Crippen molar-refractivity contribution in [2.75, 3.05) is 13.1 Å². The molecule has 0 bridgehead atoms. The molecular formula is C24H25ClN4O4. The highest BCUT2D eigenvalue weighted by Gasteiger charge is 2.32. The molecule has 2 aliphatic rings. The highest BCUT2D eigenvalue weighted by Crippen LogP contribution is 2.29. The maximum atomic E-state index is 13.1. The van der Waals surface area contributed by atoms with E-state index in [0.29, 0.717) is 56.3 Å². The summed E-state index contributed by atoms with van der Waals surface area (Å²) in [6, 6.07) is 11.2. The van der Waals surface area contributed by atoms with Gasteiger partial charge in [0, 0.05) is 24.0 Å². The number of nitrogens with one attached hydrogen (secondary N) is 1. The Morgan fingerprint density at radius 2 is 1.94 bits per heavy atom. The van der Waals surface area contributed by atoms with Crippen molar-refractivity contribution in [3.8, 4) is 0 Å². The number of imidazole rings is 1. The third-order valence-electron chi connectivity index (χ3n) is 6.34. The van der Waals surface area contributed by atoms with E-state index in [0.717, 1.165) is 17.0 Å². The van der Waals surface area contributed by atoms with Crippen LogP contribution in [0.4, 0.5) is 0 Å². The Bertz CT molecular complexity index is 1120. The SMILES string of the molecule is O=C(NCc1ccco1)C1CCN(C(=O)c2ncn3c2CO[C@@H](c2ccc(Cl)cc2)C3)CC1. The minimum atomic E-state index is -0.109. The molecule has 1 atom stereocenters. The first-order valence-corrected chi connectivity index (χ1v) is 11.5. The molecule has 33 heavy (non-hydrogen) atoms. The standard InChI is InChI=1S/C24H25ClN4O4/c25-18-5-3-16(4-6-18)21-13-29-15-27-22(20(29)14-33-21)24(31)28-9-7-17(8-10-28)23(30)26-12-19-2-1-11-32-19/h1-6,11,15,17,21H,7-10,12-14H2,(H,26,30)/t21-/m1/s1. The van der Waals surface area contributed by atoms with Gasteiger partial charge in [0.2, 0.25) is 5.91 Å². The molecular weight excluding hydrogens is 444 g/mol. The number of hydrogen-bond acceptors (Lipinski definition) is 5. The van der Waals surface area contributed by atoms with Crippen molar-refractivity contribution in [2.24, 2.45) is 5.92 Å². The molecule has 3 aromatic rings. The van der Waals surface area contributed by atoms with Gasteiger partial charge in [0.05, 0.1) is 38.0 Å². The van der Waals surface area contributed by atoms with E-state index in [1.807, 2.05) is 34.9 Å². The molecule has 2 aliphatic heterocycles. The number of piperidine rings is 1. The second kappa shape index (κ2) is 9.41. The van der Waals surface area contributed by atoms with Crippen LogP contribution in [0.25, 0.3) is 0 Å². The number of benzene rings is 1. The van der Waals surface area contributed by atoms with Crippen LogP contribution in [0, 0.1) is 5.92 Å². The Hall–Kier alpha value is -3.10. The molecule has 0 unspecified atom stereocenters. The van der Waals surface area contributed by atoms with Crippen LogP contribution in [0.2, 0.25) is 5.02 Å². The predicted octanol–water partition coefficient (Wildman–Crippen LogP) is 3.57. The summed E-state index contributed by atoms with van der Waals surface area (Å²) in [4.78, 5) is 31.8. The van der Waals surface area contributed by atoms with Crippen LogP contribution in [0.3, 0.4) is 0 Å². The van der Waals surface area contributed by atoms with Gasteiger partial charge in [-0.05, 0) is 42.7 Å². The van der Waals surface area contributed by atoms with E-state index in [4.69, 9.17) is 20.8 Å². The van der Waals surface area contributed by atoms with Gasteiger partial charge >= 0.3 is 0 Å². The Balaban J connectivity index is 1.17. The molecule has 2 aromatic heterocycles. The maximum absolute atomic E-state index is 13.1. The van der Waals surface area contributed by atoms with Crippen molar-refractivity contribution in [1.29, 1.82) is 0 Å². The maximum Gasteiger partial charge on any atom is 0.274 e. The molecule has 9 heteroatoms. The fraction of sp³-hybridized carbons (Fsp3) is 0.375. The second-order valence-electron chi connectivity index (χ2n) is 8.41. The largest absolute Gasteiger partial charge is 0.467 e. The van der Waals surface area contributed by atoms with Crippen molar-refractivity contribution in [2.45, 2.75) is 38.6 Å². The summed E-state index contributed by atoms with van der Waals surface area (Å²) in [6.45, 7) is 2.34. The first kappa shape index (κ1) is 21.7. The van der Waals surface area contributed by atoms with Crippen molar-refractivity contribution in [3.63, 3.8) is 0 Å². The number of carbonyl (C=O) groups excluding carboxylic acids is 2. The minimum Gasteiger partial charge on any atom is -0.467 e. The van der Waals surface area contributed by atoms with Gasteiger partial charge in [-0.1, -0.05) is 23.7 Å². The molecule has 8 nitrogen and oxygen atoms in total. The highest BCUT2D eigenvalue weighted by atomic mass is 35.5. The van der Waals surface area contributed by atoms with Crippen LogP contribution >= 0.6 is 11.6 Å². The fourth-order valence-corrected chi connectivity index (χ4v) is 4.54. The smallest absolute Gasteiger partial charge is 0.274 e. The number of likely N-dealkylation sites (tertiary alicyclic amines) is 1. The number of ether oxygens (including phenoxy) is 1. The molecule has 5 rings (SSSR count). The number of furan rings is 1. The average molecular weight is 469 g/mol. The number of carbonyl (C=O) groups is 2. The Morgan fingerprint density at radius 1 is 1.15 bits per heavy atom. The van der Waals surface area contributed by atoms with Gasteiger partial charge in [-0.15, -0.1) is 0 Å². The zero-order valence-corrected chi connectivity index (χ0v) is 18.8. The monoisotopic (exact) mass is 468 g/mol. The number of amides is 2. The van der Waals surface area contributed by atoms with Crippen LogP contribution in [-0.4, -0.2) is 39.4 Å². The fourth-order valence-electron chi connectivity index (χ4n) is 4.41. The second-order valence-corrected chi connectivity index (χ2v) is 8.84. The first-order valence-electron chi connectivity index (χ1n) is 11.1. The van der Waals surface area contributed by atoms with Gasteiger partial charge in [-0.25, -0.2) is 4.98 Å². The summed E-state index contributed by atoms with van der Waals surface area (Å²) in [5.74, 6) is 0.510. The lowest BCUT2D eigenvalue weighted by Gasteiger charge is -2.31. The Labute approximate surface area is 196 Å². The van der Waals surface area contributed by atoms with Crippen LogP contribution in [-0.2, 0) is 29.2 Å². The van der Waals surface area contributed by atoms with Gasteiger partial charge in [0.15, 0.2) is 5.69 Å².